The fraction of sp³-hybridized carbons (Fsp3) is 0.381. The average Bonchev–Trinajstić information content (AvgIpc) is 3.31. The molecule has 0 saturated carbocycles. The van der Waals surface area contributed by atoms with Crippen LogP contribution in [0, 0.1) is 0 Å². The number of rotatable bonds is 6. The van der Waals surface area contributed by atoms with Crippen molar-refractivity contribution >= 4 is 5.78 Å². The van der Waals surface area contributed by atoms with Crippen molar-refractivity contribution in [2.75, 3.05) is 26.4 Å². The molecule has 0 spiro atoms. The van der Waals surface area contributed by atoms with Crippen LogP contribution in [-0.2, 0) is 0 Å². The number of benzene rings is 2. The molecule has 2 aliphatic heterocycles. The predicted octanol–water partition coefficient (Wildman–Crippen LogP) is 3.87. The van der Waals surface area contributed by atoms with E-state index in [1.54, 1.807) is 0 Å². The van der Waals surface area contributed by atoms with Crippen LogP contribution in [-0.4, -0.2) is 37.1 Å². The smallest absolute Gasteiger partial charge is 0.231 e. The van der Waals surface area contributed by atoms with E-state index in [9.17, 15) is 4.79 Å². The van der Waals surface area contributed by atoms with Crippen molar-refractivity contribution in [2.24, 2.45) is 0 Å². The highest BCUT2D eigenvalue weighted by molar-refractivity contribution is 5.95. The summed E-state index contributed by atoms with van der Waals surface area (Å²) >= 11 is 0. The van der Waals surface area contributed by atoms with Crippen molar-refractivity contribution in [1.82, 2.24) is 4.90 Å². The highest BCUT2D eigenvalue weighted by Crippen LogP contribution is 2.37. The van der Waals surface area contributed by atoms with Gasteiger partial charge in [0.25, 0.3) is 0 Å². The number of ketones is 1. The van der Waals surface area contributed by atoms with Crippen molar-refractivity contribution in [2.45, 2.75) is 25.2 Å². The maximum atomic E-state index is 12.2. The molecule has 0 radical (unpaired) electrons. The molecule has 4 rings (SSSR count). The summed E-state index contributed by atoms with van der Waals surface area (Å²) in [6, 6.07) is 15.9. The Morgan fingerprint density at radius 2 is 1.92 bits per heavy atom. The molecule has 2 aromatic rings. The number of ether oxygens (including phenoxy) is 2. The second-order valence-corrected chi connectivity index (χ2v) is 6.79. The fourth-order valence-corrected chi connectivity index (χ4v) is 3.71. The Morgan fingerprint density at radius 1 is 1.08 bits per heavy atom. The Bertz CT molecular complexity index is 744. The second-order valence-electron chi connectivity index (χ2n) is 6.79. The van der Waals surface area contributed by atoms with E-state index in [-0.39, 0.29) is 5.78 Å². The van der Waals surface area contributed by atoms with Gasteiger partial charge in [-0.3, -0.25) is 4.79 Å². The van der Waals surface area contributed by atoms with Gasteiger partial charge >= 0.3 is 0 Å². The zero-order valence-corrected chi connectivity index (χ0v) is 14.3. The van der Waals surface area contributed by atoms with Gasteiger partial charge in [-0.2, -0.15) is 0 Å². The molecule has 2 aromatic carbocycles. The number of hydrogen-bond donors (Lipinski definition) is 0. The lowest BCUT2D eigenvalue weighted by molar-refractivity contribution is 0.0976. The topological polar surface area (TPSA) is 38.8 Å². The minimum Gasteiger partial charge on any atom is -0.454 e. The van der Waals surface area contributed by atoms with E-state index in [1.807, 2.05) is 36.4 Å². The van der Waals surface area contributed by atoms with Gasteiger partial charge in [0.05, 0.1) is 0 Å². The molecule has 2 heterocycles. The lowest BCUT2D eigenvalue weighted by Crippen LogP contribution is -2.22. The van der Waals surface area contributed by atoms with Crippen LogP contribution in [0.15, 0.2) is 48.5 Å². The third-order valence-electron chi connectivity index (χ3n) is 5.11. The zero-order chi connectivity index (χ0) is 17.1. The minimum absolute atomic E-state index is 0.243. The third-order valence-corrected chi connectivity index (χ3v) is 5.11. The van der Waals surface area contributed by atoms with Crippen LogP contribution >= 0.6 is 0 Å². The molecule has 0 bridgehead atoms. The lowest BCUT2D eigenvalue weighted by Gasteiger charge is -2.16. The van der Waals surface area contributed by atoms with E-state index in [4.69, 9.17) is 9.47 Å². The van der Waals surface area contributed by atoms with Gasteiger partial charge in [0.2, 0.25) is 6.79 Å². The first-order valence-electron chi connectivity index (χ1n) is 9.00. The van der Waals surface area contributed by atoms with E-state index < -0.39 is 0 Å². The first-order chi connectivity index (χ1) is 12.3. The largest absolute Gasteiger partial charge is 0.454 e. The SMILES string of the molecule is O=C(CCCN1CCC(c2ccc3c(c2)OCO3)C1)c1ccccc1. The number of carbonyl (C=O) groups is 1. The number of carbonyl (C=O) groups excluding carboxylic acids is 1. The van der Waals surface area contributed by atoms with Crippen LogP contribution in [0.4, 0.5) is 0 Å². The van der Waals surface area contributed by atoms with Gasteiger partial charge in [-0.15, -0.1) is 0 Å². The number of Topliss-reactive ketones (excluding diaryl/α,β-unsaturated/α-hetero) is 1. The molecule has 130 valence electrons. The second kappa shape index (κ2) is 7.28. The Labute approximate surface area is 148 Å². The van der Waals surface area contributed by atoms with Gasteiger partial charge in [-0.1, -0.05) is 36.4 Å². The van der Waals surface area contributed by atoms with Crippen molar-refractivity contribution < 1.29 is 14.3 Å². The lowest BCUT2D eigenvalue weighted by atomic mass is 9.98. The monoisotopic (exact) mass is 337 g/mol. The van der Waals surface area contributed by atoms with E-state index in [0.29, 0.717) is 19.1 Å². The maximum absolute atomic E-state index is 12.2. The van der Waals surface area contributed by atoms with Gasteiger partial charge in [0.15, 0.2) is 17.3 Å². The summed E-state index contributed by atoms with van der Waals surface area (Å²) in [6.07, 6.45) is 2.70. The summed E-state index contributed by atoms with van der Waals surface area (Å²) in [5.41, 5.74) is 2.15. The van der Waals surface area contributed by atoms with Crippen molar-refractivity contribution in [1.29, 1.82) is 0 Å². The molecule has 4 heteroatoms. The molecule has 1 unspecified atom stereocenters. The number of hydrogen-bond acceptors (Lipinski definition) is 4. The minimum atomic E-state index is 0.243. The highest BCUT2D eigenvalue weighted by atomic mass is 16.7. The van der Waals surface area contributed by atoms with Crippen LogP contribution in [0.25, 0.3) is 0 Å². The average molecular weight is 337 g/mol. The molecule has 1 saturated heterocycles. The van der Waals surface area contributed by atoms with Gasteiger partial charge in [0, 0.05) is 18.5 Å². The van der Waals surface area contributed by atoms with Crippen molar-refractivity contribution in [3.63, 3.8) is 0 Å². The van der Waals surface area contributed by atoms with Crippen LogP contribution in [0.2, 0.25) is 0 Å². The van der Waals surface area contributed by atoms with E-state index in [0.717, 1.165) is 49.5 Å². The normalized spacial score (nSPS) is 19.3. The van der Waals surface area contributed by atoms with Crippen molar-refractivity contribution in [3.8, 4) is 11.5 Å². The molecular formula is C21H23NO3. The molecule has 0 aliphatic carbocycles. The third kappa shape index (κ3) is 3.69. The summed E-state index contributed by atoms with van der Waals surface area (Å²) in [6.45, 7) is 3.46. The molecule has 25 heavy (non-hydrogen) atoms. The first-order valence-corrected chi connectivity index (χ1v) is 9.00. The quantitative estimate of drug-likeness (QED) is 0.750. The number of nitrogens with zero attached hydrogens (tertiary/aromatic N) is 1. The van der Waals surface area contributed by atoms with Crippen LogP contribution < -0.4 is 9.47 Å². The van der Waals surface area contributed by atoms with Gasteiger partial charge in [-0.25, -0.2) is 0 Å². The summed E-state index contributed by atoms with van der Waals surface area (Å²) < 4.78 is 10.9. The summed E-state index contributed by atoms with van der Waals surface area (Å²) in [7, 11) is 0. The van der Waals surface area contributed by atoms with Crippen LogP contribution in [0.5, 0.6) is 11.5 Å². The van der Waals surface area contributed by atoms with Crippen LogP contribution in [0.1, 0.15) is 41.1 Å². The van der Waals surface area contributed by atoms with Gasteiger partial charge in [0.1, 0.15) is 0 Å². The summed E-state index contributed by atoms with van der Waals surface area (Å²) in [4.78, 5) is 14.6. The van der Waals surface area contributed by atoms with E-state index in [2.05, 4.69) is 17.0 Å². The molecule has 0 aromatic heterocycles. The molecule has 0 amide bonds. The van der Waals surface area contributed by atoms with E-state index >= 15 is 0 Å². The molecule has 0 N–H and O–H groups in total. The Hall–Kier alpha value is -2.33. The first kappa shape index (κ1) is 16.2. The molecular weight excluding hydrogens is 314 g/mol. The van der Waals surface area contributed by atoms with Gasteiger partial charge < -0.3 is 14.4 Å². The number of likely N-dealkylation sites (tertiary alicyclic amines) is 1. The Morgan fingerprint density at radius 3 is 2.80 bits per heavy atom. The van der Waals surface area contributed by atoms with Gasteiger partial charge in [-0.05, 0) is 49.5 Å². The summed E-state index contributed by atoms with van der Waals surface area (Å²) in [5, 5.41) is 0. The summed E-state index contributed by atoms with van der Waals surface area (Å²) in [5.74, 6) is 2.49. The Kier molecular flexibility index (Phi) is 4.70. The Balaban J connectivity index is 1.26. The van der Waals surface area contributed by atoms with E-state index in [1.165, 1.54) is 5.56 Å². The standard InChI is InChI=1S/C21H23NO3/c23-19(16-5-2-1-3-6-16)7-4-11-22-12-10-18(14-22)17-8-9-20-21(13-17)25-15-24-20/h1-3,5-6,8-9,13,18H,4,7,10-12,14-15H2. The van der Waals surface area contributed by atoms with Crippen molar-refractivity contribution in [3.05, 3.63) is 59.7 Å². The molecule has 1 atom stereocenters. The zero-order valence-electron chi connectivity index (χ0n) is 14.3. The highest BCUT2D eigenvalue weighted by Gasteiger charge is 2.25. The fourth-order valence-electron chi connectivity index (χ4n) is 3.71. The predicted molar refractivity (Wildman–Crippen MR) is 96.4 cm³/mol. The molecule has 2 aliphatic rings. The molecule has 1 fully saturated rings. The maximum Gasteiger partial charge on any atom is 0.231 e. The van der Waals surface area contributed by atoms with Crippen LogP contribution in [0.3, 0.4) is 0 Å². The molecule has 4 nitrogen and oxygen atoms in total. The number of fused-ring (bicyclic) bond motifs is 1.